The zero-order valence-corrected chi connectivity index (χ0v) is 9.19. The Balaban J connectivity index is 2.03. The predicted octanol–water partition coefficient (Wildman–Crippen LogP) is 2.29. The molecule has 4 nitrogen and oxygen atoms in total. The number of nitrogens with zero attached hydrogens (tertiary/aromatic N) is 2. The van der Waals surface area contributed by atoms with E-state index in [0.29, 0.717) is 23.1 Å². The third-order valence-corrected chi connectivity index (χ3v) is 2.33. The van der Waals surface area contributed by atoms with Gasteiger partial charge in [-0.15, -0.1) is 0 Å². The van der Waals surface area contributed by atoms with Crippen molar-refractivity contribution in [1.29, 1.82) is 0 Å². The molecule has 0 amide bonds. The summed E-state index contributed by atoms with van der Waals surface area (Å²) in [5.74, 6) is 0.665. The van der Waals surface area contributed by atoms with Gasteiger partial charge in [-0.3, -0.25) is 0 Å². The lowest BCUT2D eigenvalue weighted by molar-refractivity contribution is 0.301. The smallest absolute Gasteiger partial charge is 0.130 e. The Bertz CT molecular complexity index is 476. The maximum absolute atomic E-state index is 5.86. The molecule has 1 aromatic carbocycles. The number of benzene rings is 1. The molecule has 0 spiro atoms. The van der Waals surface area contributed by atoms with Crippen molar-refractivity contribution in [3.8, 4) is 5.75 Å². The van der Waals surface area contributed by atoms with E-state index in [1.165, 1.54) is 6.33 Å². The van der Waals surface area contributed by atoms with Crippen LogP contribution < -0.4 is 10.5 Å². The summed E-state index contributed by atoms with van der Waals surface area (Å²) >= 11 is 5.86. The highest BCUT2D eigenvalue weighted by atomic mass is 35.5. The van der Waals surface area contributed by atoms with Crippen LogP contribution in [0.3, 0.4) is 0 Å². The molecule has 2 rings (SSSR count). The molecule has 0 radical (unpaired) electrons. The van der Waals surface area contributed by atoms with Crippen LogP contribution >= 0.6 is 11.6 Å². The Labute approximate surface area is 98.0 Å². The quantitative estimate of drug-likeness (QED) is 0.830. The van der Waals surface area contributed by atoms with Crippen molar-refractivity contribution >= 4 is 17.3 Å². The van der Waals surface area contributed by atoms with Gasteiger partial charge in [0.05, 0.1) is 16.4 Å². The Hall–Kier alpha value is -1.81. The summed E-state index contributed by atoms with van der Waals surface area (Å²) < 4.78 is 5.50. The molecule has 82 valence electrons. The maximum Gasteiger partial charge on any atom is 0.130 e. The minimum atomic E-state index is 0.378. The van der Waals surface area contributed by atoms with Gasteiger partial charge in [-0.05, 0) is 18.2 Å². The van der Waals surface area contributed by atoms with Crippen LogP contribution in [0.1, 0.15) is 5.69 Å². The predicted molar refractivity (Wildman–Crippen MR) is 62.2 cm³/mol. The summed E-state index contributed by atoms with van der Waals surface area (Å²) in [5.41, 5.74) is 6.93. The Morgan fingerprint density at radius 3 is 2.88 bits per heavy atom. The molecule has 1 aromatic heterocycles. The molecule has 0 fully saturated rings. The third-order valence-electron chi connectivity index (χ3n) is 2.00. The molecule has 0 saturated heterocycles. The van der Waals surface area contributed by atoms with E-state index in [0.717, 1.165) is 5.69 Å². The Morgan fingerprint density at radius 2 is 2.19 bits per heavy atom. The maximum atomic E-state index is 5.86. The van der Waals surface area contributed by atoms with Gasteiger partial charge in [0.25, 0.3) is 0 Å². The number of rotatable bonds is 3. The van der Waals surface area contributed by atoms with Crippen LogP contribution in [0.5, 0.6) is 5.75 Å². The number of halogens is 1. The van der Waals surface area contributed by atoms with Crippen LogP contribution in [0.25, 0.3) is 0 Å². The zero-order valence-electron chi connectivity index (χ0n) is 8.43. The van der Waals surface area contributed by atoms with E-state index in [1.807, 2.05) is 0 Å². The second kappa shape index (κ2) is 4.81. The molecule has 1 heterocycles. The average molecular weight is 236 g/mol. The van der Waals surface area contributed by atoms with Crippen molar-refractivity contribution in [2.45, 2.75) is 6.61 Å². The lowest BCUT2D eigenvalue weighted by Gasteiger charge is -2.06. The molecule has 0 aliphatic heterocycles. The van der Waals surface area contributed by atoms with Crippen molar-refractivity contribution < 1.29 is 4.74 Å². The summed E-state index contributed by atoms with van der Waals surface area (Å²) in [5, 5.41) is 0.486. The highest BCUT2D eigenvalue weighted by molar-refractivity contribution is 6.33. The molecular weight excluding hydrogens is 226 g/mol. The second-order valence-electron chi connectivity index (χ2n) is 3.17. The number of nitrogen functional groups attached to an aromatic ring is 1. The lowest BCUT2D eigenvalue weighted by Crippen LogP contribution is -1.98. The summed E-state index contributed by atoms with van der Waals surface area (Å²) in [6.45, 7) is 0.378. The standard InChI is InChI=1S/C11H10ClN3O/c12-10-5-9(1-2-11(10)13)16-6-8-3-4-14-7-15-8/h1-5,7H,6,13H2. The first-order chi connectivity index (χ1) is 7.75. The summed E-state index contributed by atoms with van der Waals surface area (Å²) in [4.78, 5) is 7.86. The highest BCUT2D eigenvalue weighted by Gasteiger charge is 2.00. The summed E-state index contributed by atoms with van der Waals surface area (Å²) in [6.07, 6.45) is 3.15. The number of hydrogen-bond donors (Lipinski definition) is 1. The van der Waals surface area contributed by atoms with Crippen LogP contribution in [-0.4, -0.2) is 9.97 Å². The van der Waals surface area contributed by atoms with Gasteiger partial charge in [0.1, 0.15) is 18.7 Å². The number of aromatic nitrogens is 2. The molecule has 0 atom stereocenters. The lowest BCUT2D eigenvalue weighted by atomic mass is 10.3. The largest absolute Gasteiger partial charge is 0.487 e. The Kier molecular flexibility index (Phi) is 3.22. The fraction of sp³-hybridized carbons (Fsp3) is 0.0909. The fourth-order valence-corrected chi connectivity index (χ4v) is 1.33. The van der Waals surface area contributed by atoms with Gasteiger partial charge >= 0.3 is 0 Å². The van der Waals surface area contributed by atoms with Crippen molar-refractivity contribution in [2.24, 2.45) is 0 Å². The first-order valence-corrected chi connectivity index (χ1v) is 5.06. The van der Waals surface area contributed by atoms with E-state index < -0.39 is 0 Å². The van der Waals surface area contributed by atoms with Gasteiger partial charge < -0.3 is 10.5 Å². The van der Waals surface area contributed by atoms with Gasteiger partial charge in [-0.25, -0.2) is 9.97 Å². The first kappa shape index (κ1) is 10.7. The van der Waals surface area contributed by atoms with Gasteiger partial charge in [0.15, 0.2) is 0 Å². The minimum absolute atomic E-state index is 0.378. The molecule has 16 heavy (non-hydrogen) atoms. The molecule has 0 aliphatic rings. The normalized spacial score (nSPS) is 10.1. The number of anilines is 1. The van der Waals surface area contributed by atoms with Gasteiger partial charge in [-0.2, -0.15) is 0 Å². The average Bonchev–Trinajstić information content (AvgIpc) is 2.32. The zero-order chi connectivity index (χ0) is 11.4. The van der Waals surface area contributed by atoms with E-state index in [4.69, 9.17) is 22.1 Å². The van der Waals surface area contributed by atoms with Crippen molar-refractivity contribution in [3.63, 3.8) is 0 Å². The summed E-state index contributed by atoms with van der Waals surface area (Å²) in [7, 11) is 0. The molecular formula is C11H10ClN3O. The third kappa shape index (κ3) is 2.61. The van der Waals surface area contributed by atoms with E-state index in [2.05, 4.69) is 9.97 Å². The van der Waals surface area contributed by atoms with E-state index in [1.54, 1.807) is 30.5 Å². The fourth-order valence-electron chi connectivity index (χ4n) is 1.16. The first-order valence-electron chi connectivity index (χ1n) is 4.68. The van der Waals surface area contributed by atoms with Gasteiger partial charge in [-0.1, -0.05) is 11.6 Å². The van der Waals surface area contributed by atoms with E-state index >= 15 is 0 Å². The van der Waals surface area contributed by atoms with Crippen molar-refractivity contribution in [2.75, 3.05) is 5.73 Å². The van der Waals surface area contributed by atoms with Crippen LogP contribution in [0.2, 0.25) is 5.02 Å². The van der Waals surface area contributed by atoms with E-state index in [9.17, 15) is 0 Å². The molecule has 0 bridgehead atoms. The molecule has 5 heteroatoms. The molecule has 2 aromatic rings. The topological polar surface area (TPSA) is 61.0 Å². The monoisotopic (exact) mass is 235 g/mol. The molecule has 0 unspecified atom stereocenters. The van der Waals surface area contributed by atoms with Gasteiger partial charge in [0.2, 0.25) is 0 Å². The minimum Gasteiger partial charge on any atom is -0.487 e. The number of ether oxygens (including phenoxy) is 1. The SMILES string of the molecule is Nc1ccc(OCc2ccncn2)cc1Cl. The van der Waals surface area contributed by atoms with Crippen LogP contribution in [0, 0.1) is 0 Å². The van der Waals surface area contributed by atoms with Crippen molar-refractivity contribution in [1.82, 2.24) is 9.97 Å². The molecule has 2 N–H and O–H groups in total. The number of hydrogen-bond acceptors (Lipinski definition) is 4. The van der Waals surface area contributed by atoms with E-state index in [-0.39, 0.29) is 0 Å². The van der Waals surface area contributed by atoms with Crippen LogP contribution in [0.15, 0.2) is 36.8 Å². The number of nitrogens with two attached hydrogens (primary N) is 1. The Morgan fingerprint density at radius 1 is 1.31 bits per heavy atom. The highest BCUT2D eigenvalue weighted by Crippen LogP contribution is 2.24. The van der Waals surface area contributed by atoms with Crippen LogP contribution in [0.4, 0.5) is 5.69 Å². The van der Waals surface area contributed by atoms with Gasteiger partial charge in [0, 0.05) is 12.3 Å². The molecule has 0 saturated carbocycles. The molecule has 0 aliphatic carbocycles. The second-order valence-corrected chi connectivity index (χ2v) is 3.58. The summed E-state index contributed by atoms with van der Waals surface area (Å²) in [6, 6.07) is 6.94. The van der Waals surface area contributed by atoms with Crippen LogP contribution in [-0.2, 0) is 6.61 Å². The van der Waals surface area contributed by atoms with Crippen molar-refractivity contribution in [3.05, 3.63) is 47.5 Å².